The lowest BCUT2D eigenvalue weighted by atomic mass is 9.66. The third-order valence-corrected chi connectivity index (χ3v) is 5.37. The van der Waals surface area contributed by atoms with Gasteiger partial charge in [-0.3, -0.25) is 4.90 Å². The Kier molecular flexibility index (Phi) is 5.11. The van der Waals surface area contributed by atoms with Crippen LogP contribution in [0.3, 0.4) is 0 Å². The van der Waals surface area contributed by atoms with Crippen molar-refractivity contribution in [2.45, 2.75) is 59.3 Å². The van der Waals surface area contributed by atoms with Crippen LogP contribution in [0.1, 0.15) is 42.9 Å². The number of halogens is 2. The van der Waals surface area contributed by atoms with Crippen molar-refractivity contribution < 1.29 is 18.3 Å². The summed E-state index contributed by atoms with van der Waals surface area (Å²) in [6.07, 6.45) is 4.04. The molecule has 1 aliphatic heterocycles. The van der Waals surface area contributed by atoms with Crippen molar-refractivity contribution in [1.29, 1.82) is 0 Å². The Morgan fingerprint density at radius 2 is 1.92 bits per heavy atom. The van der Waals surface area contributed by atoms with Gasteiger partial charge in [0.25, 0.3) is 0 Å². The van der Waals surface area contributed by atoms with Crippen molar-refractivity contribution in [2.75, 3.05) is 19.7 Å². The van der Waals surface area contributed by atoms with E-state index >= 15 is 0 Å². The molecule has 1 aromatic carbocycles. The molecule has 24 heavy (non-hydrogen) atoms. The number of hydrogen-bond acceptors (Lipinski definition) is 3. The van der Waals surface area contributed by atoms with Crippen molar-refractivity contribution in [2.24, 2.45) is 5.41 Å². The third-order valence-electron chi connectivity index (χ3n) is 5.37. The second kappa shape index (κ2) is 6.96. The molecule has 1 spiro atoms. The zero-order chi connectivity index (χ0) is 17.3. The molecule has 0 unspecified atom stereocenters. The average molecular weight is 339 g/mol. The molecule has 0 atom stereocenters. The molecule has 1 aromatic rings. The molecule has 1 saturated carbocycles. The second-order valence-corrected chi connectivity index (χ2v) is 7.38. The van der Waals surface area contributed by atoms with E-state index in [9.17, 15) is 8.78 Å². The van der Waals surface area contributed by atoms with Crippen molar-refractivity contribution in [3.8, 4) is 5.75 Å². The van der Waals surface area contributed by atoms with Gasteiger partial charge in [-0.05, 0) is 68.7 Å². The summed E-state index contributed by atoms with van der Waals surface area (Å²) in [5.41, 5.74) is 3.17. The van der Waals surface area contributed by atoms with Gasteiger partial charge in [0.05, 0.1) is 6.10 Å². The number of rotatable bonds is 6. The molecule has 0 bridgehead atoms. The molecule has 3 nitrogen and oxygen atoms in total. The summed E-state index contributed by atoms with van der Waals surface area (Å²) < 4.78 is 35.3. The summed E-state index contributed by atoms with van der Waals surface area (Å²) in [6.45, 7) is 6.84. The van der Waals surface area contributed by atoms with E-state index < -0.39 is 6.61 Å². The fourth-order valence-electron chi connectivity index (χ4n) is 4.42. The molecule has 0 amide bonds. The van der Waals surface area contributed by atoms with Gasteiger partial charge in [-0.1, -0.05) is 12.1 Å². The SMILES string of the molecule is CCOC1CC2(CCN(Cc3cc(C)c(OC(F)F)c(C)c3)C2)C1. The molecule has 2 aliphatic rings. The highest BCUT2D eigenvalue weighted by Crippen LogP contribution is 2.49. The minimum Gasteiger partial charge on any atom is -0.434 e. The van der Waals surface area contributed by atoms with E-state index in [0.717, 1.165) is 37.4 Å². The van der Waals surface area contributed by atoms with E-state index in [1.54, 1.807) is 0 Å². The highest BCUT2D eigenvalue weighted by atomic mass is 19.3. The number of ether oxygens (including phenoxy) is 2. The number of likely N-dealkylation sites (tertiary alicyclic amines) is 1. The smallest absolute Gasteiger partial charge is 0.387 e. The van der Waals surface area contributed by atoms with Crippen LogP contribution in [0.15, 0.2) is 12.1 Å². The molecule has 134 valence electrons. The zero-order valence-corrected chi connectivity index (χ0v) is 14.8. The maximum Gasteiger partial charge on any atom is 0.387 e. The molecule has 1 saturated heterocycles. The summed E-state index contributed by atoms with van der Waals surface area (Å²) in [6, 6.07) is 3.94. The van der Waals surface area contributed by atoms with Gasteiger partial charge >= 0.3 is 6.61 Å². The van der Waals surface area contributed by atoms with Crippen LogP contribution < -0.4 is 4.74 Å². The predicted molar refractivity (Wildman–Crippen MR) is 89.5 cm³/mol. The Balaban J connectivity index is 1.59. The summed E-state index contributed by atoms with van der Waals surface area (Å²) in [7, 11) is 0. The summed E-state index contributed by atoms with van der Waals surface area (Å²) in [5, 5.41) is 0. The molecule has 5 heteroatoms. The minimum atomic E-state index is -2.77. The lowest BCUT2D eigenvalue weighted by Crippen LogP contribution is -2.44. The monoisotopic (exact) mass is 339 g/mol. The van der Waals surface area contributed by atoms with Crippen molar-refractivity contribution in [3.05, 3.63) is 28.8 Å². The van der Waals surface area contributed by atoms with Gasteiger partial charge in [-0.2, -0.15) is 8.78 Å². The predicted octanol–water partition coefficient (Wildman–Crippen LogP) is 4.30. The second-order valence-electron chi connectivity index (χ2n) is 7.38. The van der Waals surface area contributed by atoms with E-state index in [-0.39, 0.29) is 0 Å². The maximum absolute atomic E-state index is 12.5. The maximum atomic E-state index is 12.5. The average Bonchev–Trinajstić information content (AvgIpc) is 2.87. The Morgan fingerprint density at radius 3 is 2.50 bits per heavy atom. The summed E-state index contributed by atoms with van der Waals surface area (Å²) >= 11 is 0. The van der Waals surface area contributed by atoms with E-state index in [1.807, 2.05) is 26.0 Å². The topological polar surface area (TPSA) is 21.7 Å². The lowest BCUT2D eigenvalue weighted by Gasteiger charge is -2.44. The molecule has 1 heterocycles. The number of nitrogens with zero attached hydrogens (tertiary/aromatic N) is 1. The van der Waals surface area contributed by atoms with Crippen LogP contribution in [-0.2, 0) is 11.3 Å². The molecular formula is C19H27F2NO2. The fourth-order valence-corrected chi connectivity index (χ4v) is 4.42. The Bertz CT molecular complexity index is 562. The Morgan fingerprint density at radius 1 is 1.25 bits per heavy atom. The molecular weight excluding hydrogens is 312 g/mol. The highest BCUT2D eigenvalue weighted by molar-refractivity contribution is 5.43. The molecule has 1 aliphatic carbocycles. The standard InChI is InChI=1S/C19H27F2NO2/c1-4-23-16-9-19(10-16)5-6-22(12-19)11-15-7-13(2)17(14(3)8-15)24-18(20)21/h7-8,16,18H,4-6,9-12H2,1-3H3. The minimum absolute atomic E-state index is 0.310. The van der Waals surface area contributed by atoms with E-state index in [2.05, 4.69) is 16.6 Å². The van der Waals surface area contributed by atoms with Gasteiger partial charge in [-0.25, -0.2) is 0 Å². The van der Waals surface area contributed by atoms with Crippen LogP contribution in [-0.4, -0.2) is 37.3 Å². The van der Waals surface area contributed by atoms with Gasteiger partial charge < -0.3 is 9.47 Å². The normalized spacial score (nSPS) is 27.0. The first-order chi connectivity index (χ1) is 11.4. The molecule has 0 radical (unpaired) electrons. The highest BCUT2D eigenvalue weighted by Gasteiger charge is 2.48. The largest absolute Gasteiger partial charge is 0.434 e. The number of aryl methyl sites for hydroxylation is 2. The molecule has 3 rings (SSSR count). The summed E-state index contributed by atoms with van der Waals surface area (Å²) in [5.74, 6) is 0.310. The van der Waals surface area contributed by atoms with Crippen LogP contribution in [0.4, 0.5) is 8.78 Å². The Hall–Kier alpha value is -1.20. The van der Waals surface area contributed by atoms with Gasteiger partial charge in [-0.15, -0.1) is 0 Å². The van der Waals surface area contributed by atoms with Crippen LogP contribution in [0.5, 0.6) is 5.75 Å². The van der Waals surface area contributed by atoms with Crippen molar-refractivity contribution >= 4 is 0 Å². The van der Waals surface area contributed by atoms with Gasteiger partial charge in [0.15, 0.2) is 0 Å². The first-order valence-electron chi connectivity index (χ1n) is 8.80. The molecule has 0 aromatic heterocycles. The van der Waals surface area contributed by atoms with Crippen molar-refractivity contribution in [1.82, 2.24) is 4.90 Å². The van der Waals surface area contributed by atoms with Crippen LogP contribution in [0.2, 0.25) is 0 Å². The number of benzene rings is 1. The first-order valence-corrected chi connectivity index (χ1v) is 8.80. The van der Waals surface area contributed by atoms with Gasteiger partial charge in [0.1, 0.15) is 5.75 Å². The first kappa shape index (κ1) is 17.6. The fraction of sp³-hybridized carbons (Fsp3) is 0.684. The lowest BCUT2D eigenvalue weighted by molar-refractivity contribution is -0.0718. The third kappa shape index (κ3) is 3.72. The van der Waals surface area contributed by atoms with Crippen LogP contribution in [0.25, 0.3) is 0 Å². The number of hydrogen-bond donors (Lipinski definition) is 0. The zero-order valence-electron chi connectivity index (χ0n) is 14.8. The van der Waals surface area contributed by atoms with E-state index in [1.165, 1.54) is 24.8 Å². The van der Waals surface area contributed by atoms with Gasteiger partial charge in [0.2, 0.25) is 0 Å². The van der Waals surface area contributed by atoms with Crippen LogP contribution >= 0.6 is 0 Å². The van der Waals surface area contributed by atoms with E-state index in [4.69, 9.17) is 4.74 Å². The quantitative estimate of drug-likeness (QED) is 0.771. The Labute approximate surface area is 142 Å². The summed E-state index contributed by atoms with van der Waals surface area (Å²) in [4.78, 5) is 2.48. The van der Waals surface area contributed by atoms with Gasteiger partial charge in [0, 0.05) is 19.7 Å². The van der Waals surface area contributed by atoms with E-state index in [0.29, 0.717) is 17.3 Å². The molecule has 0 N–H and O–H groups in total. The van der Waals surface area contributed by atoms with Crippen LogP contribution in [0, 0.1) is 19.3 Å². The van der Waals surface area contributed by atoms with Crippen molar-refractivity contribution in [3.63, 3.8) is 0 Å². The molecule has 2 fully saturated rings. The number of alkyl halides is 2.